The Kier molecular flexibility index (Phi) is 28.1. The van der Waals surface area contributed by atoms with Crippen molar-refractivity contribution in [3.63, 3.8) is 0 Å². The minimum atomic E-state index is -1.30. The van der Waals surface area contributed by atoms with Gasteiger partial charge < -0.3 is 54.0 Å². The largest absolute Gasteiger partial charge is 0.462 e. The van der Waals surface area contributed by atoms with Crippen LogP contribution in [0.5, 0.6) is 0 Å². The third kappa shape index (κ3) is 23.0. The first-order chi connectivity index (χ1) is 26.3. The zero-order valence-electron chi connectivity index (χ0n) is 34.4. The number of rotatable bonds is 24. The minimum absolute atomic E-state index is 0.0161. The molecule has 0 unspecified atom stereocenters. The molecule has 0 aliphatic carbocycles. The summed E-state index contributed by atoms with van der Waals surface area (Å²) in [5.41, 5.74) is -2.07. The van der Waals surface area contributed by atoms with Crippen molar-refractivity contribution in [3.05, 3.63) is 72.9 Å². The summed E-state index contributed by atoms with van der Waals surface area (Å²) >= 11 is 0. The molecule has 0 saturated heterocycles. The molecule has 0 rings (SSSR count). The standard InChI is InChI=1S/C17H24O7.C13H20O6.C10H18O4/c1-11(2)14(19)22-8-17(7-18,9-23-15(20)12(3)4)10-24-16(21)13(5)6;1-9(2)11(16)18-7-13(5-14,6-15)8-19-12(17)10(3)4;1-4-10(5-11,6-12)7-14-9(13)8(2)3/h18H,1,3,5,7-10H2,2,4,6H3;14-15H,1,3,5-8H2,2,4H3;11-12H,2,4-7H2,1,3H3. The van der Waals surface area contributed by atoms with E-state index in [0.29, 0.717) is 12.0 Å². The predicted octanol–water partition coefficient (Wildman–Crippen LogP) is 2.01. The average Bonchev–Trinajstić information content (AvgIpc) is 3.18. The lowest BCUT2D eigenvalue weighted by Crippen LogP contribution is -2.42. The van der Waals surface area contributed by atoms with Crippen LogP contribution in [0, 0.1) is 16.2 Å². The van der Waals surface area contributed by atoms with Gasteiger partial charge in [-0.25, -0.2) is 28.8 Å². The van der Waals surface area contributed by atoms with Crippen LogP contribution in [0.2, 0.25) is 0 Å². The molecule has 17 nitrogen and oxygen atoms in total. The predicted molar refractivity (Wildman–Crippen MR) is 208 cm³/mol. The van der Waals surface area contributed by atoms with Crippen molar-refractivity contribution in [2.75, 3.05) is 72.7 Å². The Morgan fingerprint density at radius 1 is 0.351 bits per heavy atom. The minimum Gasteiger partial charge on any atom is -0.462 e. The van der Waals surface area contributed by atoms with Crippen molar-refractivity contribution in [1.29, 1.82) is 0 Å². The van der Waals surface area contributed by atoms with Gasteiger partial charge in [0.1, 0.15) is 39.6 Å². The molecule has 0 atom stereocenters. The Hall–Kier alpha value is -4.94. The summed E-state index contributed by atoms with van der Waals surface area (Å²) in [4.78, 5) is 68.2. The zero-order chi connectivity index (χ0) is 45.2. The summed E-state index contributed by atoms with van der Waals surface area (Å²) in [6.45, 7) is 27.8. The van der Waals surface area contributed by atoms with Gasteiger partial charge in [-0.3, -0.25) is 0 Å². The summed E-state index contributed by atoms with van der Waals surface area (Å²) in [7, 11) is 0. The van der Waals surface area contributed by atoms with Crippen LogP contribution in [0.15, 0.2) is 72.9 Å². The third-order valence-electron chi connectivity index (χ3n) is 7.57. The average molecular weight is 815 g/mol. The lowest BCUT2D eigenvalue weighted by molar-refractivity contribution is -0.161. The number of aliphatic hydroxyl groups is 5. The van der Waals surface area contributed by atoms with Gasteiger partial charge in [-0.15, -0.1) is 0 Å². The molecule has 57 heavy (non-hydrogen) atoms. The van der Waals surface area contributed by atoms with Gasteiger partial charge in [-0.05, 0) is 48.0 Å². The maximum Gasteiger partial charge on any atom is 0.333 e. The Morgan fingerprint density at radius 2 is 0.509 bits per heavy atom. The number of esters is 6. The first-order valence-electron chi connectivity index (χ1n) is 17.3. The molecule has 5 N–H and O–H groups in total. The summed E-state index contributed by atoms with van der Waals surface area (Å²) in [5, 5.41) is 46.4. The van der Waals surface area contributed by atoms with Gasteiger partial charge in [0.15, 0.2) is 0 Å². The normalized spacial score (nSPS) is 10.7. The number of carbonyl (C=O) groups is 6. The second kappa shape index (κ2) is 28.5. The Bertz CT molecular complexity index is 1330. The Labute approximate surface area is 334 Å². The van der Waals surface area contributed by atoms with Gasteiger partial charge in [-0.2, -0.15) is 0 Å². The summed E-state index contributed by atoms with van der Waals surface area (Å²) in [6.07, 6.45) is 0.545. The number of ether oxygens (including phenoxy) is 6. The van der Waals surface area contributed by atoms with Crippen molar-refractivity contribution in [3.8, 4) is 0 Å². The SMILES string of the molecule is C=C(C)C(=O)OCC(CC)(CO)CO.C=C(C)C(=O)OCC(CO)(CO)COC(=O)C(=C)C.C=C(C)C(=O)OCC(CO)(COC(=O)C(=C)C)COC(=O)C(=C)C. The number of carbonyl (C=O) groups excluding carboxylic acids is 6. The third-order valence-corrected chi connectivity index (χ3v) is 7.57. The monoisotopic (exact) mass is 814 g/mol. The molecule has 0 aromatic rings. The van der Waals surface area contributed by atoms with E-state index in [9.17, 15) is 44.1 Å². The second-order valence-electron chi connectivity index (χ2n) is 13.8. The molecule has 0 aliphatic heterocycles. The van der Waals surface area contributed by atoms with Crippen molar-refractivity contribution < 1.29 is 82.7 Å². The van der Waals surface area contributed by atoms with Crippen LogP contribution >= 0.6 is 0 Å². The molecule has 0 heterocycles. The van der Waals surface area contributed by atoms with E-state index in [2.05, 4.69) is 39.5 Å². The van der Waals surface area contributed by atoms with Crippen LogP contribution in [0.3, 0.4) is 0 Å². The van der Waals surface area contributed by atoms with Crippen molar-refractivity contribution in [2.24, 2.45) is 16.2 Å². The lowest BCUT2D eigenvalue weighted by atomic mass is 9.88. The van der Waals surface area contributed by atoms with Crippen molar-refractivity contribution in [1.82, 2.24) is 0 Å². The highest BCUT2D eigenvalue weighted by atomic mass is 16.6. The van der Waals surface area contributed by atoms with E-state index in [-0.39, 0.29) is 80.7 Å². The van der Waals surface area contributed by atoms with Crippen molar-refractivity contribution >= 4 is 35.8 Å². The molecule has 0 aromatic carbocycles. The van der Waals surface area contributed by atoms with E-state index >= 15 is 0 Å². The molecule has 0 fully saturated rings. The highest BCUT2D eigenvalue weighted by Crippen LogP contribution is 2.22. The fourth-order valence-electron chi connectivity index (χ4n) is 3.05. The van der Waals surface area contributed by atoms with E-state index in [4.69, 9.17) is 38.6 Å². The number of aliphatic hydroxyl groups excluding tert-OH is 5. The smallest absolute Gasteiger partial charge is 0.333 e. The van der Waals surface area contributed by atoms with Crippen LogP contribution in [-0.4, -0.2) is 134 Å². The van der Waals surface area contributed by atoms with E-state index in [0.717, 1.165) is 0 Å². The van der Waals surface area contributed by atoms with Gasteiger partial charge in [0, 0.05) is 33.4 Å². The number of hydrogen-bond acceptors (Lipinski definition) is 17. The maximum atomic E-state index is 11.6. The van der Waals surface area contributed by atoms with E-state index in [1.165, 1.54) is 34.6 Å². The fourth-order valence-corrected chi connectivity index (χ4v) is 3.05. The first-order valence-corrected chi connectivity index (χ1v) is 17.3. The van der Waals surface area contributed by atoms with Crippen LogP contribution in [0.1, 0.15) is 54.9 Å². The molecular formula is C40H62O17. The summed E-state index contributed by atoms with van der Waals surface area (Å²) in [6, 6.07) is 0. The number of hydrogen-bond donors (Lipinski definition) is 5. The molecule has 0 aromatic heterocycles. The van der Waals surface area contributed by atoms with E-state index in [1.807, 2.05) is 6.92 Å². The zero-order valence-corrected chi connectivity index (χ0v) is 34.4. The summed E-state index contributed by atoms with van der Waals surface area (Å²) < 4.78 is 29.7. The fraction of sp³-hybridized carbons (Fsp3) is 0.550. The highest BCUT2D eigenvalue weighted by molar-refractivity contribution is 5.89. The maximum absolute atomic E-state index is 11.6. The van der Waals surface area contributed by atoms with Crippen LogP contribution in [0.4, 0.5) is 0 Å². The first kappa shape index (κ1) is 56.4. The van der Waals surface area contributed by atoms with E-state index in [1.54, 1.807) is 6.92 Å². The van der Waals surface area contributed by atoms with Crippen LogP contribution in [0.25, 0.3) is 0 Å². The van der Waals surface area contributed by atoms with Crippen LogP contribution < -0.4 is 0 Å². The molecule has 0 aliphatic rings. The quantitative estimate of drug-likeness (QED) is 0.0530. The Morgan fingerprint density at radius 3 is 0.649 bits per heavy atom. The molecule has 17 heteroatoms. The van der Waals surface area contributed by atoms with Crippen molar-refractivity contribution in [2.45, 2.75) is 54.9 Å². The van der Waals surface area contributed by atoms with Gasteiger partial charge >= 0.3 is 35.8 Å². The topological polar surface area (TPSA) is 259 Å². The molecule has 0 bridgehead atoms. The Balaban J connectivity index is -0.000000795. The molecule has 0 saturated carbocycles. The van der Waals surface area contributed by atoms with Crippen LogP contribution in [-0.2, 0) is 57.2 Å². The van der Waals surface area contributed by atoms with Gasteiger partial charge in [0.2, 0.25) is 0 Å². The highest BCUT2D eigenvalue weighted by Gasteiger charge is 2.36. The lowest BCUT2D eigenvalue weighted by Gasteiger charge is -2.30. The van der Waals surface area contributed by atoms with Gasteiger partial charge in [0.25, 0.3) is 0 Å². The van der Waals surface area contributed by atoms with Gasteiger partial charge in [-0.1, -0.05) is 46.4 Å². The summed E-state index contributed by atoms with van der Waals surface area (Å²) in [5.74, 6) is -3.81. The molecular weight excluding hydrogens is 752 g/mol. The molecule has 0 amide bonds. The molecule has 324 valence electrons. The van der Waals surface area contributed by atoms with Gasteiger partial charge in [0.05, 0.1) is 49.3 Å². The second-order valence-corrected chi connectivity index (χ2v) is 13.8. The van der Waals surface area contributed by atoms with E-state index < -0.39 is 71.9 Å². The molecule has 0 spiro atoms. The molecule has 0 radical (unpaired) electrons.